The summed E-state index contributed by atoms with van der Waals surface area (Å²) in [5, 5.41) is 4.63. The summed E-state index contributed by atoms with van der Waals surface area (Å²) in [7, 11) is 0. The second-order valence-corrected chi connectivity index (χ2v) is 31.8. The molecule has 5 nitrogen and oxygen atoms in total. The standard InChI is InChI=1S/C84H85N4OS.Pt/c1-79(2,3)55-39-40-85-74(48-55)88-71-38-37-63-62-29-22-25-34-73(62)90-78(63)76(71)64-36-35-60(50-72(64)88)89-61-44-54(75-67(83(13,14)15)30-26-31-68(75)84(16,17)18)43-59(49-61)86-51-87(70-33-24-23-32-69(70)86)77-65(52-27-20-19-21-28-52)46-58(82(10,11)12)47-66(77)53-41-56(80(4,5)6)45-57(42-53)81(7,8)9;/h19-48,51H,1-18H3;/q-3;/i19D,20D,21D,27D,28D;. The van der Waals surface area contributed by atoms with Crippen molar-refractivity contribution in [1.82, 2.24) is 9.55 Å². The number of hydrogen-bond donors (Lipinski definition) is 0. The van der Waals surface area contributed by atoms with Crippen molar-refractivity contribution in [2.75, 3.05) is 9.80 Å². The molecule has 12 aromatic rings. The number of rotatable bonds is 8. The predicted molar refractivity (Wildman–Crippen MR) is 386 cm³/mol. The van der Waals surface area contributed by atoms with Gasteiger partial charge in [0.05, 0.1) is 6.85 Å². The van der Waals surface area contributed by atoms with Gasteiger partial charge in [0, 0.05) is 92.6 Å². The first-order chi connectivity index (χ1) is 44.5. The minimum atomic E-state index is -0.443. The van der Waals surface area contributed by atoms with Crippen LogP contribution in [-0.2, 0) is 53.6 Å². The molecule has 13 rings (SSSR count). The molecule has 0 bridgehead atoms. The second-order valence-electron chi connectivity index (χ2n) is 30.8. The number of nitrogens with zero attached hydrogens (tertiary/aromatic N) is 4. The van der Waals surface area contributed by atoms with E-state index in [1.54, 1.807) is 0 Å². The average Bonchev–Trinajstić information content (AvgIpc) is 1.57. The van der Waals surface area contributed by atoms with Gasteiger partial charge in [0.15, 0.2) is 0 Å². The van der Waals surface area contributed by atoms with E-state index in [1.807, 2.05) is 35.7 Å². The number of thiophene rings is 1. The summed E-state index contributed by atoms with van der Waals surface area (Å²) in [5.74, 6) is 1.78. The van der Waals surface area contributed by atoms with Crippen LogP contribution in [-0.4, -0.2) is 9.55 Å². The summed E-state index contributed by atoms with van der Waals surface area (Å²) in [6.45, 7) is 42.3. The van der Waals surface area contributed by atoms with Crippen LogP contribution < -0.4 is 14.5 Å². The molecule has 0 fully saturated rings. The average molecular weight is 1400 g/mol. The number of para-hydroxylation sites is 2. The zero-order valence-electron chi connectivity index (χ0n) is 60.9. The molecule has 0 amide bonds. The van der Waals surface area contributed by atoms with Crippen LogP contribution in [0, 0.1) is 18.8 Å². The fourth-order valence-corrected chi connectivity index (χ4v) is 14.1. The van der Waals surface area contributed by atoms with Gasteiger partial charge in [-0.1, -0.05) is 233 Å². The Morgan fingerprint density at radius 1 is 0.484 bits per heavy atom. The van der Waals surface area contributed by atoms with Gasteiger partial charge in [-0.25, -0.2) is 4.98 Å². The topological polar surface area (TPSA) is 33.5 Å². The van der Waals surface area contributed by atoms with E-state index in [-0.39, 0.29) is 65.8 Å². The normalized spacial score (nSPS) is 14.2. The van der Waals surface area contributed by atoms with Crippen LogP contribution >= 0.6 is 11.3 Å². The molecule has 1 aliphatic rings. The predicted octanol–water partition coefficient (Wildman–Crippen LogP) is 24.1. The molecule has 0 N–H and O–H groups in total. The molecule has 0 spiro atoms. The summed E-state index contributed by atoms with van der Waals surface area (Å²) >= 11 is 1.81. The number of aromatic nitrogens is 2. The third-order valence-corrected chi connectivity index (χ3v) is 19.1. The molecule has 0 unspecified atom stereocenters. The Labute approximate surface area is 566 Å². The van der Waals surface area contributed by atoms with E-state index in [0.717, 1.165) is 77.9 Å². The van der Waals surface area contributed by atoms with Gasteiger partial charge in [0.1, 0.15) is 5.82 Å². The van der Waals surface area contributed by atoms with Gasteiger partial charge in [0.25, 0.3) is 0 Å². The maximum Gasteiger partial charge on any atom is 0.135 e. The molecule has 7 heteroatoms. The third kappa shape index (κ3) is 11.8. The van der Waals surface area contributed by atoms with Crippen molar-refractivity contribution < 1.29 is 32.7 Å². The van der Waals surface area contributed by atoms with Crippen molar-refractivity contribution in [3.05, 3.63) is 234 Å². The Hall–Kier alpha value is -7.76. The van der Waals surface area contributed by atoms with Gasteiger partial charge in [0.2, 0.25) is 0 Å². The maximum absolute atomic E-state index is 9.71. The molecular formula is C84H85N4OPtS-3. The van der Waals surface area contributed by atoms with Gasteiger partial charge in [-0.3, -0.25) is 0 Å². The van der Waals surface area contributed by atoms with Gasteiger partial charge in [-0.2, -0.15) is 6.07 Å². The van der Waals surface area contributed by atoms with E-state index < -0.39 is 23.5 Å². The molecule has 1 aliphatic heterocycles. The Morgan fingerprint density at radius 3 is 1.69 bits per heavy atom. The molecule has 0 radical (unpaired) electrons. The minimum Gasteiger partial charge on any atom is -0.509 e. The summed E-state index contributed by atoms with van der Waals surface area (Å²) in [6.07, 6.45) is 1.91. The number of hydrogen-bond acceptors (Lipinski definition) is 5. The smallest absolute Gasteiger partial charge is 0.135 e. The Balaban J connectivity index is 0.00000881. The van der Waals surface area contributed by atoms with E-state index in [9.17, 15) is 2.74 Å². The number of ether oxygens (including phenoxy) is 1. The van der Waals surface area contributed by atoms with Crippen molar-refractivity contribution in [2.24, 2.45) is 0 Å². The zero-order valence-corrected chi connectivity index (χ0v) is 59.0. The first kappa shape index (κ1) is 57.2. The molecule has 0 aliphatic carbocycles. The monoisotopic (exact) mass is 1400 g/mol. The SMILES string of the molecule is [2H]c1c([2H])c([2H])c(-c2cc(C(C)(C)C)cc(-c3cc(C(C)(C)C)cc(C(C)(C)C)c3)c2N2[CH-]N(c3[c-]c(Oc4[c-]c5c(cc4)c4c6sc7ccccc7c6ccc4n5-c4cc(C(C)(C)C)ccn4)cc(-c4c(C(C)(C)C)cccc4C(C)(C)C)c3)c3ccccc32)c([2H])c1[2H].[Pt]. The van der Waals surface area contributed by atoms with Crippen LogP contribution in [0.1, 0.15) is 165 Å². The van der Waals surface area contributed by atoms with Crippen LogP contribution in [0.2, 0.25) is 0 Å². The van der Waals surface area contributed by atoms with Crippen molar-refractivity contribution in [1.29, 1.82) is 0 Å². The molecule has 0 saturated carbocycles. The van der Waals surface area contributed by atoms with Gasteiger partial charge in [-0.15, -0.1) is 65.0 Å². The number of pyridine rings is 1. The number of anilines is 4. The summed E-state index contributed by atoms with van der Waals surface area (Å²) < 4.78 is 58.6. The van der Waals surface area contributed by atoms with E-state index in [2.05, 4.69) is 285 Å². The van der Waals surface area contributed by atoms with E-state index in [0.29, 0.717) is 28.4 Å². The van der Waals surface area contributed by atoms with Crippen molar-refractivity contribution in [2.45, 2.75) is 157 Å². The maximum atomic E-state index is 9.71. The van der Waals surface area contributed by atoms with Crippen LogP contribution in [0.3, 0.4) is 0 Å². The summed E-state index contributed by atoms with van der Waals surface area (Å²) in [6, 6.07) is 58.0. The molecule has 0 saturated heterocycles. The van der Waals surface area contributed by atoms with Crippen LogP contribution in [0.4, 0.5) is 22.7 Å². The Kier molecular flexibility index (Phi) is 14.3. The van der Waals surface area contributed by atoms with Gasteiger partial charge in [-0.05, 0) is 136 Å². The molecular weight excluding hydrogens is 1310 g/mol. The molecule has 4 heterocycles. The van der Waals surface area contributed by atoms with Crippen molar-refractivity contribution in [3.63, 3.8) is 0 Å². The summed E-state index contributed by atoms with van der Waals surface area (Å²) in [5.41, 5.74) is 14.7. The third-order valence-electron chi connectivity index (χ3n) is 17.9. The summed E-state index contributed by atoms with van der Waals surface area (Å²) in [4.78, 5) is 9.41. The van der Waals surface area contributed by atoms with E-state index >= 15 is 0 Å². The number of benzene rings is 9. The quantitative estimate of drug-likeness (QED) is 0.142. The molecule has 466 valence electrons. The fourth-order valence-electron chi connectivity index (χ4n) is 12.8. The molecule has 91 heavy (non-hydrogen) atoms. The molecule has 0 atom stereocenters. The zero-order chi connectivity index (χ0) is 68.1. The van der Waals surface area contributed by atoms with E-state index in [4.69, 9.17) is 13.8 Å². The first-order valence-corrected chi connectivity index (χ1v) is 32.4. The second kappa shape index (κ2) is 22.8. The fraction of sp³-hybridized carbons (Fsp3) is 0.286. The Bertz CT molecular complexity index is 5020. The molecule has 9 aromatic carbocycles. The van der Waals surface area contributed by atoms with Gasteiger partial charge >= 0.3 is 0 Å². The van der Waals surface area contributed by atoms with Crippen molar-refractivity contribution >= 4 is 76.1 Å². The van der Waals surface area contributed by atoms with Crippen LogP contribution in [0.25, 0.3) is 81.2 Å². The minimum absolute atomic E-state index is 0. The first-order valence-electron chi connectivity index (χ1n) is 34.1. The molecule has 3 aromatic heterocycles. The largest absolute Gasteiger partial charge is 0.509 e. The van der Waals surface area contributed by atoms with Gasteiger partial charge < -0.3 is 19.1 Å². The van der Waals surface area contributed by atoms with Crippen LogP contribution in [0.15, 0.2) is 182 Å². The van der Waals surface area contributed by atoms with E-state index in [1.165, 1.54) is 36.9 Å². The van der Waals surface area contributed by atoms with Crippen LogP contribution in [0.5, 0.6) is 11.5 Å². The van der Waals surface area contributed by atoms with Crippen molar-refractivity contribution in [3.8, 4) is 50.7 Å². The Morgan fingerprint density at radius 2 is 1.07 bits per heavy atom. The number of fused-ring (bicyclic) bond motifs is 8.